The quantitative estimate of drug-likeness (QED) is 0.536. The van der Waals surface area contributed by atoms with Gasteiger partial charge in [-0.2, -0.15) is 0 Å². The number of hydrogen-bond acceptors (Lipinski definition) is 5. The van der Waals surface area contributed by atoms with Crippen LogP contribution in [0.2, 0.25) is 0 Å². The molecule has 1 aromatic rings. The first-order chi connectivity index (χ1) is 9.44. The highest BCUT2D eigenvalue weighted by Gasteiger charge is 2.17. The van der Waals surface area contributed by atoms with Crippen LogP contribution in [0.25, 0.3) is 0 Å². The van der Waals surface area contributed by atoms with Gasteiger partial charge in [0.2, 0.25) is 10.0 Å². The van der Waals surface area contributed by atoms with Gasteiger partial charge < -0.3 is 16.2 Å². The van der Waals surface area contributed by atoms with Gasteiger partial charge in [-0.1, -0.05) is 13.3 Å². The molecule has 7 heteroatoms. The average molecular weight is 301 g/mol. The Morgan fingerprint density at radius 1 is 1.40 bits per heavy atom. The Morgan fingerprint density at radius 2 is 2.10 bits per heavy atom. The lowest BCUT2D eigenvalue weighted by molar-refractivity contribution is 0.258. The summed E-state index contributed by atoms with van der Waals surface area (Å²) in [5.74, 6) is 0.294. The van der Waals surface area contributed by atoms with Crippen molar-refractivity contribution in [2.75, 3.05) is 31.2 Å². The second-order valence-electron chi connectivity index (χ2n) is 4.63. The summed E-state index contributed by atoms with van der Waals surface area (Å²) in [6.07, 6.45) is 1.60. The van der Waals surface area contributed by atoms with Crippen LogP contribution >= 0.6 is 0 Å². The van der Waals surface area contributed by atoms with Crippen molar-refractivity contribution in [2.24, 2.45) is 5.92 Å². The van der Waals surface area contributed by atoms with E-state index in [-0.39, 0.29) is 11.5 Å². The molecule has 114 valence electrons. The Morgan fingerprint density at radius 3 is 2.65 bits per heavy atom. The number of anilines is 2. The van der Waals surface area contributed by atoms with E-state index in [4.69, 9.17) is 10.8 Å². The molecule has 0 aromatic heterocycles. The summed E-state index contributed by atoms with van der Waals surface area (Å²) in [7, 11) is -2.20. The van der Waals surface area contributed by atoms with Crippen LogP contribution in [0.1, 0.15) is 19.8 Å². The summed E-state index contributed by atoms with van der Waals surface area (Å²) in [5, 5.41) is 12.1. The molecule has 1 unspecified atom stereocenters. The minimum Gasteiger partial charge on any atom is -0.399 e. The predicted molar refractivity (Wildman–Crippen MR) is 81.1 cm³/mol. The van der Waals surface area contributed by atoms with Gasteiger partial charge >= 0.3 is 0 Å². The molecular formula is C13H23N3O3S. The van der Waals surface area contributed by atoms with Crippen molar-refractivity contribution in [1.82, 2.24) is 4.72 Å². The third-order valence-corrected chi connectivity index (χ3v) is 4.71. The van der Waals surface area contributed by atoms with Crippen LogP contribution in [0, 0.1) is 5.92 Å². The lowest BCUT2D eigenvalue weighted by Crippen LogP contribution is -2.22. The SMILES string of the molecule is CCC(CCO)CNc1ccc(N)cc1S(=O)(=O)NC. The monoisotopic (exact) mass is 301 g/mol. The average Bonchev–Trinajstić information content (AvgIpc) is 2.44. The van der Waals surface area contributed by atoms with Crippen LogP contribution in [0.5, 0.6) is 0 Å². The van der Waals surface area contributed by atoms with Crippen molar-refractivity contribution in [3.05, 3.63) is 18.2 Å². The summed E-state index contributed by atoms with van der Waals surface area (Å²) < 4.78 is 26.2. The fraction of sp³-hybridized carbons (Fsp3) is 0.538. The third-order valence-electron chi connectivity index (χ3n) is 3.26. The molecule has 0 heterocycles. The van der Waals surface area contributed by atoms with Gasteiger partial charge in [-0.25, -0.2) is 13.1 Å². The van der Waals surface area contributed by atoms with Crippen LogP contribution < -0.4 is 15.8 Å². The molecule has 5 N–H and O–H groups in total. The molecule has 0 aliphatic carbocycles. The molecule has 0 fully saturated rings. The van der Waals surface area contributed by atoms with E-state index >= 15 is 0 Å². The van der Waals surface area contributed by atoms with Crippen molar-refractivity contribution in [3.63, 3.8) is 0 Å². The summed E-state index contributed by atoms with van der Waals surface area (Å²) in [6, 6.07) is 4.75. The van der Waals surface area contributed by atoms with Crippen LogP contribution in [0.3, 0.4) is 0 Å². The molecule has 1 atom stereocenters. The molecule has 0 bridgehead atoms. The molecule has 1 aromatic carbocycles. The van der Waals surface area contributed by atoms with Gasteiger partial charge in [0, 0.05) is 18.8 Å². The fourth-order valence-corrected chi connectivity index (χ4v) is 2.85. The Bertz CT molecular complexity index is 532. The number of aliphatic hydroxyl groups excluding tert-OH is 1. The van der Waals surface area contributed by atoms with Crippen molar-refractivity contribution in [3.8, 4) is 0 Å². The normalized spacial score (nSPS) is 13.2. The number of hydrogen-bond donors (Lipinski definition) is 4. The topological polar surface area (TPSA) is 104 Å². The highest BCUT2D eigenvalue weighted by molar-refractivity contribution is 7.89. The standard InChI is InChI=1S/C13H23N3O3S/c1-3-10(6-7-17)9-16-12-5-4-11(14)8-13(12)20(18,19)15-2/h4-5,8,10,15-17H,3,6-7,9,14H2,1-2H3. The number of aliphatic hydroxyl groups is 1. The number of nitrogens with two attached hydrogens (primary N) is 1. The highest BCUT2D eigenvalue weighted by Crippen LogP contribution is 2.24. The van der Waals surface area contributed by atoms with Crippen molar-refractivity contribution >= 4 is 21.4 Å². The first kappa shape index (κ1) is 16.7. The molecule has 0 saturated heterocycles. The van der Waals surface area contributed by atoms with Crippen LogP contribution in [-0.4, -0.2) is 33.7 Å². The highest BCUT2D eigenvalue weighted by atomic mass is 32.2. The van der Waals surface area contributed by atoms with Crippen LogP contribution in [0.15, 0.2) is 23.1 Å². The molecule has 6 nitrogen and oxygen atoms in total. The van der Waals surface area contributed by atoms with Crippen LogP contribution in [0.4, 0.5) is 11.4 Å². The van der Waals surface area contributed by atoms with Crippen LogP contribution in [-0.2, 0) is 10.0 Å². The van der Waals surface area contributed by atoms with Crippen molar-refractivity contribution in [1.29, 1.82) is 0 Å². The summed E-state index contributed by atoms with van der Waals surface area (Å²) in [5.41, 5.74) is 6.57. The van der Waals surface area contributed by atoms with E-state index in [0.29, 0.717) is 30.3 Å². The molecule has 0 spiro atoms. The van der Waals surface area contributed by atoms with Gasteiger partial charge in [-0.3, -0.25) is 0 Å². The Labute approximate surface area is 120 Å². The molecule has 0 aliphatic rings. The summed E-state index contributed by atoms with van der Waals surface area (Å²) in [4.78, 5) is 0.138. The van der Waals surface area contributed by atoms with E-state index in [1.54, 1.807) is 12.1 Å². The molecule has 0 amide bonds. The zero-order valence-corrected chi connectivity index (χ0v) is 12.7. The molecule has 20 heavy (non-hydrogen) atoms. The fourth-order valence-electron chi connectivity index (χ4n) is 1.90. The largest absolute Gasteiger partial charge is 0.399 e. The Hall–Kier alpha value is -1.31. The number of sulfonamides is 1. The van der Waals surface area contributed by atoms with E-state index < -0.39 is 10.0 Å². The van der Waals surface area contributed by atoms with Gasteiger partial charge in [0.15, 0.2) is 0 Å². The lowest BCUT2D eigenvalue weighted by atomic mass is 10.0. The number of rotatable bonds is 8. The van der Waals surface area contributed by atoms with Gasteiger partial charge in [0.1, 0.15) is 4.90 Å². The van der Waals surface area contributed by atoms with E-state index in [1.165, 1.54) is 13.1 Å². The maximum Gasteiger partial charge on any atom is 0.242 e. The van der Waals surface area contributed by atoms with E-state index in [2.05, 4.69) is 10.0 Å². The van der Waals surface area contributed by atoms with Crippen molar-refractivity contribution in [2.45, 2.75) is 24.7 Å². The number of nitrogen functional groups attached to an aromatic ring is 1. The predicted octanol–water partition coefficient (Wildman–Crippen LogP) is 0.997. The third kappa shape index (κ3) is 4.36. The molecular weight excluding hydrogens is 278 g/mol. The van der Waals surface area contributed by atoms with Gasteiger partial charge in [-0.05, 0) is 37.6 Å². The molecule has 0 radical (unpaired) electrons. The van der Waals surface area contributed by atoms with E-state index in [1.807, 2.05) is 6.92 Å². The Balaban J connectivity index is 2.95. The maximum absolute atomic E-state index is 12.0. The Kier molecular flexibility index (Phi) is 6.25. The molecule has 0 saturated carbocycles. The maximum atomic E-state index is 12.0. The minimum atomic E-state index is -3.56. The number of nitrogens with one attached hydrogen (secondary N) is 2. The summed E-state index contributed by atoms with van der Waals surface area (Å²) >= 11 is 0. The van der Waals surface area contributed by atoms with E-state index in [9.17, 15) is 8.42 Å². The smallest absolute Gasteiger partial charge is 0.242 e. The first-order valence-electron chi connectivity index (χ1n) is 6.62. The van der Waals surface area contributed by atoms with E-state index in [0.717, 1.165) is 6.42 Å². The minimum absolute atomic E-state index is 0.129. The van der Waals surface area contributed by atoms with Crippen molar-refractivity contribution < 1.29 is 13.5 Å². The lowest BCUT2D eigenvalue weighted by Gasteiger charge is -2.17. The second-order valence-corrected chi connectivity index (χ2v) is 6.49. The first-order valence-corrected chi connectivity index (χ1v) is 8.10. The van der Waals surface area contributed by atoms with Gasteiger partial charge in [0.05, 0.1) is 5.69 Å². The molecule has 1 rings (SSSR count). The zero-order chi connectivity index (χ0) is 15.2. The summed E-state index contributed by atoms with van der Waals surface area (Å²) in [6.45, 7) is 2.77. The van der Waals surface area contributed by atoms with Gasteiger partial charge in [-0.15, -0.1) is 0 Å². The number of benzene rings is 1. The molecule has 0 aliphatic heterocycles. The second kappa shape index (κ2) is 7.47. The van der Waals surface area contributed by atoms with Gasteiger partial charge in [0.25, 0.3) is 0 Å². The zero-order valence-electron chi connectivity index (χ0n) is 11.9.